The molecule has 6 nitrogen and oxygen atoms in total. The number of rotatable bonds is 6. The van der Waals surface area contributed by atoms with E-state index in [0.29, 0.717) is 35.2 Å². The average molecular weight is 405 g/mol. The van der Waals surface area contributed by atoms with Crippen molar-refractivity contribution >= 4 is 29.3 Å². The number of carbonyl (C=O) groups excluding carboxylic acids is 2. The highest BCUT2D eigenvalue weighted by Crippen LogP contribution is 2.23. The van der Waals surface area contributed by atoms with Crippen molar-refractivity contribution in [2.24, 2.45) is 0 Å². The summed E-state index contributed by atoms with van der Waals surface area (Å²) >= 11 is 6.05. The lowest BCUT2D eigenvalue weighted by Gasteiger charge is -2.20. The topological polar surface area (TPSA) is 67.9 Å². The van der Waals surface area contributed by atoms with Crippen molar-refractivity contribution in [1.29, 1.82) is 0 Å². The standard InChI is InChI=1S/C21H25ClN2O4/c1-21(2,3)28-20(26)23-16-9-7-8-15(14-16)19(25)24(4)12-13-27-18-11-6-5-10-17(18)22/h5-11,14H,12-13H2,1-4H3,(H,23,26). The van der Waals surface area contributed by atoms with E-state index < -0.39 is 11.7 Å². The molecule has 0 aromatic heterocycles. The molecular weight excluding hydrogens is 380 g/mol. The van der Waals surface area contributed by atoms with Crippen molar-refractivity contribution in [1.82, 2.24) is 4.90 Å². The van der Waals surface area contributed by atoms with E-state index in [0.717, 1.165) is 0 Å². The summed E-state index contributed by atoms with van der Waals surface area (Å²) in [6.45, 7) is 6.04. The monoisotopic (exact) mass is 404 g/mol. The van der Waals surface area contributed by atoms with Crippen LogP contribution < -0.4 is 10.1 Å². The zero-order valence-corrected chi connectivity index (χ0v) is 17.2. The van der Waals surface area contributed by atoms with Gasteiger partial charge in [-0.15, -0.1) is 0 Å². The number of amides is 2. The van der Waals surface area contributed by atoms with E-state index in [9.17, 15) is 9.59 Å². The maximum absolute atomic E-state index is 12.6. The fourth-order valence-electron chi connectivity index (χ4n) is 2.33. The lowest BCUT2D eigenvalue weighted by Crippen LogP contribution is -2.31. The van der Waals surface area contributed by atoms with E-state index in [1.54, 1.807) is 69.1 Å². The van der Waals surface area contributed by atoms with Gasteiger partial charge in [0.05, 0.1) is 11.6 Å². The fraction of sp³-hybridized carbons (Fsp3) is 0.333. The Labute approximate surface area is 170 Å². The number of nitrogens with zero attached hydrogens (tertiary/aromatic N) is 1. The van der Waals surface area contributed by atoms with Crippen LogP contribution in [0.3, 0.4) is 0 Å². The molecule has 0 spiro atoms. The van der Waals surface area contributed by atoms with Crippen LogP contribution in [-0.2, 0) is 4.74 Å². The molecule has 0 saturated heterocycles. The molecule has 0 bridgehead atoms. The minimum absolute atomic E-state index is 0.185. The predicted molar refractivity (Wildman–Crippen MR) is 110 cm³/mol. The van der Waals surface area contributed by atoms with E-state index in [1.165, 1.54) is 0 Å². The molecule has 0 unspecified atom stereocenters. The van der Waals surface area contributed by atoms with Crippen LogP contribution in [0, 0.1) is 0 Å². The SMILES string of the molecule is CN(CCOc1ccccc1Cl)C(=O)c1cccc(NC(=O)OC(C)(C)C)c1. The fourth-order valence-corrected chi connectivity index (χ4v) is 2.52. The van der Waals surface area contributed by atoms with Gasteiger partial charge in [0.1, 0.15) is 18.0 Å². The Hall–Kier alpha value is -2.73. The molecule has 2 aromatic carbocycles. The van der Waals surface area contributed by atoms with Crippen molar-refractivity contribution in [2.45, 2.75) is 26.4 Å². The summed E-state index contributed by atoms with van der Waals surface area (Å²) in [7, 11) is 1.69. The minimum Gasteiger partial charge on any atom is -0.490 e. The van der Waals surface area contributed by atoms with Gasteiger partial charge >= 0.3 is 6.09 Å². The number of hydrogen-bond acceptors (Lipinski definition) is 4. The van der Waals surface area contributed by atoms with E-state index in [4.69, 9.17) is 21.1 Å². The molecule has 0 heterocycles. The molecule has 2 amide bonds. The second-order valence-electron chi connectivity index (χ2n) is 7.21. The van der Waals surface area contributed by atoms with E-state index >= 15 is 0 Å². The van der Waals surface area contributed by atoms with Gasteiger partial charge in [0.15, 0.2) is 0 Å². The number of nitrogens with one attached hydrogen (secondary N) is 1. The van der Waals surface area contributed by atoms with Gasteiger partial charge in [0.25, 0.3) is 5.91 Å². The van der Waals surface area contributed by atoms with E-state index in [1.807, 2.05) is 12.1 Å². The van der Waals surface area contributed by atoms with E-state index in [-0.39, 0.29) is 5.91 Å². The zero-order valence-electron chi connectivity index (χ0n) is 16.5. The van der Waals surface area contributed by atoms with Gasteiger partial charge in [-0.25, -0.2) is 4.79 Å². The van der Waals surface area contributed by atoms with Crippen molar-refractivity contribution in [3.8, 4) is 5.75 Å². The van der Waals surface area contributed by atoms with Crippen LogP contribution in [-0.4, -0.2) is 42.7 Å². The Morgan fingerprint density at radius 3 is 2.50 bits per heavy atom. The van der Waals surface area contributed by atoms with Gasteiger partial charge in [0, 0.05) is 18.3 Å². The Balaban J connectivity index is 1.92. The Morgan fingerprint density at radius 2 is 1.82 bits per heavy atom. The molecule has 150 valence electrons. The molecule has 0 fully saturated rings. The quantitative estimate of drug-likeness (QED) is 0.748. The van der Waals surface area contributed by atoms with Crippen LogP contribution in [0.15, 0.2) is 48.5 Å². The molecule has 0 aliphatic rings. The molecule has 1 N–H and O–H groups in total. The van der Waals surface area contributed by atoms with E-state index in [2.05, 4.69) is 5.32 Å². The highest BCUT2D eigenvalue weighted by molar-refractivity contribution is 6.32. The van der Waals surface area contributed by atoms with Gasteiger partial charge in [-0.3, -0.25) is 10.1 Å². The van der Waals surface area contributed by atoms with Crippen molar-refractivity contribution in [3.63, 3.8) is 0 Å². The van der Waals surface area contributed by atoms with Crippen LogP contribution in [0.1, 0.15) is 31.1 Å². The number of halogens is 1. The molecule has 0 atom stereocenters. The zero-order chi connectivity index (χ0) is 20.7. The minimum atomic E-state index is -0.598. The first-order valence-corrected chi connectivity index (χ1v) is 9.26. The summed E-state index contributed by atoms with van der Waals surface area (Å²) in [5.74, 6) is 0.393. The molecule has 7 heteroatoms. The number of anilines is 1. The summed E-state index contributed by atoms with van der Waals surface area (Å²) < 4.78 is 10.8. The third kappa shape index (κ3) is 6.78. The van der Waals surface area contributed by atoms with Gasteiger partial charge in [-0.2, -0.15) is 0 Å². The third-order valence-corrected chi connectivity index (χ3v) is 3.93. The Bertz CT molecular complexity index is 833. The first-order chi connectivity index (χ1) is 13.2. The smallest absolute Gasteiger partial charge is 0.412 e. The summed E-state index contributed by atoms with van der Waals surface area (Å²) in [5, 5.41) is 3.16. The number of para-hydroxylation sites is 1. The van der Waals surface area contributed by atoms with Crippen LogP contribution in [0.25, 0.3) is 0 Å². The molecule has 0 radical (unpaired) electrons. The first kappa shape index (κ1) is 21.6. The first-order valence-electron chi connectivity index (χ1n) is 8.88. The summed E-state index contributed by atoms with van der Waals surface area (Å²) in [4.78, 5) is 26.1. The molecule has 0 saturated carbocycles. The number of hydrogen-bond donors (Lipinski definition) is 1. The van der Waals surface area contributed by atoms with Gasteiger partial charge in [0.2, 0.25) is 0 Å². The summed E-state index contributed by atoms with van der Waals surface area (Å²) in [5.41, 5.74) is 0.342. The van der Waals surface area contributed by atoms with Crippen LogP contribution in [0.5, 0.6) is 5.75 Å². The van der Waals surface area contributed by atoms with Crippen LogP contribution >= 0.6 is 11.6 Å². The summed E-state index contributed by atoms with van der Waals surface area (Å²) in [6, 6.07) is 13.9. The highest BCUT2D eigenvalue weighted by Gasteiger charge is 2.17. The molecule has 0 aliphatic heterocycles. The maximum Gasteiger partial charge on any atom is 0.412 e. The number of likely N-dealkylation sites (N-methyl/N-ethyl adjacent to an activating group) is 1. The molecule has 0 aliphatic carbocycles. The number of ether oxygens (including phenoxy) is 2. The average Bonchev–Trinajstić information content (AvgIpc) is 2.61. The maximum atomic E-state index is 12.6. The molecule has 2 rings (SSSR count). The van der Waals surface area contributed by atoms with Gasteiger partial charge < -0.3 is 14.4 Å². The lowest BCUT2D eigenvalue weighted by molar-refractivity contribution is 0.0635. The third-order valence-electron chi connectivity index (χ3n) is 3.62. The molecule has 28 heavy (non-hydrogen) atoms. The second-order valence-corrected chi connectivity index (χ2v) is 7.62. The molecular formula is C21H25ClN2O4. The van der Waals surface area contributed by atoms with Crippen molar-refractivity contribution in [2.75, 3.05) is 25.5 Å². The number of benzene rings is 2. The highest BCUT2D eigenvalue weighted by atomic mass is 35.5. The van der Waals surface area contributed by atoms with Gasteiger partial charge in [-0.05, 0) is 51.1 Å². The van der Waals surface area contributed by atoms with Crippen LogP contribution in [0.2, 0.25) is 5.02 Å². The summed E-state index contributed by atoms with van der Waals surface area (Å²) in [6.07, 6.45) is -0.571. The van der Waals surface area contributed by atoms with Crippen LogP contribution in [0.4, 0.5) is 10.5 Å². The van der Waals surface area contributed by atoms with Crippen molar-refractivity contribution < 1.29 is 19.1 Å². The number of carbonyl (C=O) groups is 2. The molecule has 2 aromatic rings. The lowest BCUT2D eigenvalue weighted by atomic mass is 10.1. The van der Waals surface area contributed by atoms with Gasteiger partial charge in [-0.1, -0.05) is 29.8 Å². The Kier molecular flexibility index (Phi) is 7.29. The largest absolute Gasteiger partial charge is 0.490 e. The Morgan fingerprint density at radius 1 is 1.11 bits per heavy atom. The van der Waals surface area contributed by atoms with Crippen molar-refractivity contribution in [3.05, 3.63) is 59.1 Å². The predicted octanol–water partition coefficient (Wildman–Crippen LogP) is 4.84. The normalized spacial score (nSPS) is 10.9. The second kappa shape index (κ2) is 9.46.